The van der Waals surface area contributed by atoms with Crippen LogP contribution >= 0.6 is 0 Å². The first-order valence-electron chi connectivity index (χ1n) is 9.26. The van der Waals surface area contributed by atoms with Crippen molar-refractivity contribution >= 4 is 34.2 Å². The molecule has 2 heterocycles. The van der Waals surface area contributed by atoms with E-state index in [1.165, 1.54) is 0 Å². The van der Waals surface area contributed by atoms with E-state index < -0.39 is 5.92 Å². The summed E-state index contributed by atoms with van der Waals surface area (Å²) >= 11 is 0. The van der Waals surface area contributed by atoms with Gasteiger partial charge in [-0.1, -0.05) is 24.3 Å². The van der Waals surface area contributed by atoms with Gasteiger partial charge in [0.1, 0.15) is 5.75 Å². The number of para-hydroxylation sites is 1. The van der Waals surface area contributed by atoms with Crippen molar-refractivity contribution in [2.45, 2.75) is 32.3 Å². The van der Waals surface area contributed by atoms with Crippen LogP contribution < -0.4 is 15.4 Å². The predicted octanol–water partition coefficient (Wildman–Crippen LogP) is 3.43. The lowest BCUT2D eigenvalue weighted by atomic mass is 9.90. The molecule has 0 aliphatic carbocycles. The molecule has 4 rings (SSSR count). The molecule has 3 aromatic rings. The van der Waals surface area contributed by atoms with Crippen LogP contribution in [0.25, 0.3) is 10.9 Å². The fraction of sp³-hybridized carbons (Fsp3) is 0.286. The Balaban J connectivity index is 1.71. The third-order valence-electron chi connectivity index (χ3n) is 4.76. The molecule has 1 atom stereocenters. The van der Waals surface area contributed by atoms with Crippen LogP contribution in [0, 0.1) is 0 Å². The van der Waals surface area contributed by atoms with Crippen molar-refractivity contribution in [2.24, 2.45) is 7.05 Å². The number of hydrogen-bond acceptors (Lipinski definition) is 4. The molecule has 2 aromatic carbocycles. The molecule has 0 saturated heterocycles. The van der Waals surface area contributed by atoms with Crippen molar-refractivity contribution in [3.8, 4) is 5.75 Å². The molecule has 28 heavy (non-hydrogen) atoms. The van der Waals surface area contributed by atoms with Crippen LogP contribution in [0.4, 0.5) is 11.5 Å². The van der Waals surface area contributed by atoms with E-state index in [1.54, 1.807) is 10.7 Å². The molecule has 144 valence electrons. The van der Waals surface area contributed by atoms with Crippen LogP contribution in [0.15, 0.2) is 42.5 Å². The first-order valence-corrected chi connectivity index (χ1v) is 9.26. The van der Waals surface area contributed by atoms with Gasteiger partial charge in [0.25, 0.3) is 0 Å². The minimum Gasteiger partial charge on any atom is -0.490 e. The van der Waals surface area contributed by atoms with Crippen molar-refractivity contribution in [1.29, 1.82) is 0 Å². The zero-order valence-electron chi connectivity index (χ0n) is 16.0. The third-order valence-corrected chi connectivity index (χ3v) is 4.76. The first kappa shape index (κ1) is 18.0. The fourth-order valence-corrected chi connectivity index (χ4v) is 3.57. The van der Waals surface area contributed by atoms with Gasteiger partial charge in [-0.25, -0.2) is 0 Å². The van der Waals surface area contributed by atoms with E-state index in [0.717, 1.165) is 16.5 Å². The molecule has 0 bridgehead atoms. The number of benzene rings is 2. The summed E-state index contributed by atoms with van der Waals surface area (Å²) in [6, 6.07) is 13.1. The number of nitrogens with zero attached hydrogens (tertiary/aromatic N) is 2. The van der Waals surface area contributed by atoms with E-state index in [-0.39, 0.29) is 24.3 Å². The van der Waals surface area contributed by atoms with Gasteiger partial charge in [-0.2, -0.15) is 5.10 Å². The van der Waals surface area contributed by atoms with Crippen LogP contribution in [-0.2, 0) is 16.6 Å². The second-order valence-electron chi connectivity index (χ2n) is 7.17. The molecular formula is C21H22N4O3. The normalized spacial score (nSPS) is 16.0. The Morgan fingerprint density at radius 3 is 2.82 bits per heavy atom. The Morgan fingerprint density at radius 1 is 1.25 bits per heavy atom. The zero-order valence-corrected chi connectivity index (χ0v) is 16.0. The average Bonchev–Trinajstić information content (AvgIpc) is 2.97. The van der Waals surface area contributed by atoms with Crippen LogP contribution in [-0.4, -0.2) is 27.7 Å². The molecule has 0 unspecified atom stereocenters. The fourth-order valence-electron chi connectivity index (χ4n) is 3.57. The van der Waals surface area contributed by atoms with E-state index in [9.17, 15) is 9.59 Å². The van der Waals surface area contributed by atoms with E-state index >= 15 is 0 Å². The SMILES string of the molecule is CC(C)Oc1cccc2c1c(NC(=O)[C@@H]1CC(=O)Nc3ccccc31)nn2C. The van der Waals surface area contributed by atoms with Gasteiger partial charge < -0.3 is 15.4 Å². The number of aryl methyl sites for hydroxylation is 1. The Bertz CT molecular complexity index is 1070. The third kappa shape index (κ3) is 3.19. The number of anilines is 2. The van der Waals surface area contributed by atoms with E-state index in [2.05, 4.69) is 15.7 Å². The molecule has 0 spiro atoms. The highest BCUT2D eigenvalue weighted by atomic mass is 16.5. The highest BCUT2D eigenvalue weighted by Crippen LogP contribution is 2.36. The lowest BCUT2D eigenvalue weighted by molar-refractivity contribution is -0.123. The molecule has 0 saturated carbocycles. The van der Waals surface area contributed by atoms with E-state index in [4.69, 9.17) is 4.74 Å². The molecule has 1 aliphatic heterocycles. The quantitative estimate of drug-likeness (QED) is 0.728. The van der Waals surface area contributed by atoms with Crippen molar-refractivity contribution < 1.29 is 14.3 Å². The van der Waals surface area contributed by atoms with Crippen LogP contribution in [0.5, 0.6) is 5.75 Å². The number of fused-ring (bicyclic) bond motifs is 2. The second-order valence-corrected chi connectivity index (χ2v) is 7.17. The minimum absolute atomic E-state index is 0.0109. The van der Waals surface area contributed by atoms with Gasteiger partial charge in [0, 0.05) is 19.2 Å². The van der Waals surface area contributed by atoms with Gasteiger partial charge in [-0.15, -0.1) is 0 Å². The summed E-state index contributed by atoms with van der Waals surface area (Å²) in [6.07, 6.45) is 0.0893. The van der Waals surface area contributed by atoms with Gasteiger partial charge in [-0.3, -0.25) is 14.3 Å². The molecule has 2 amide bonds. The van der Waals surface area contributed by atoms with Crippen LogP contribution in [0.2, 0.25) is 0 Å². The van der Waals surface area contributed by atoms with Gasteiger partial charge in [0.05, 0.1) is 22.9 Å². The maximum atomic E-state index is 13.1. The minimum atomic E-state index is -0.569. The Morgan fingerprint density at radius 2 is 2.04 bits per heavy atom. The summed E-state index contributed by atoms with van der Waals surface area (Å²) < 4.78 is 7.62. The smallest absolute Gasteiger partial charge is 0.233 e. The average molecular weight is 378 g/mol. The number of aromatic nitrogens is 2. The zero-order chi connectivity index (χ0) is 19.8. The maximum absolute atomic E-state index is 13.1. The Kier molecular flexibility index (Phi) is 4.50. The molecule has 7 nitrogen and oxygen atoms in total. The number of carbonyl (C=O) groups excluding carboxylic acids is 2. The Hall–Kier alpha value is -3.35. The maximum Gasteiger partial charge on any atom is 0.233 e. The van der Waals surface area contributed by atoms with Crippen LogP contribution in [0.1, 0.15) is 31.7 Å². The number of rotatable bonds is 4. The van der Waals surface area contributed by atoms with E-state index in [1.807, 2.05) is 57.3 Å². The van der Waals surface area contributed by atoms with Crippen LogP contribution in [0.3, 0.4) is 0 Å². The van der Waals surface area contributed by atoms with Gasteiger partial charge in [-0.05, 0) is 37.6 Å². The number of ether oxygens (including phenoxy) is 1. The predicted molar refractivity (Wildman–Crippen MR) is 108 cm³/mol. The van der Waals surface area contributed by atoms with Gasteiger partial charge in [0.15, 0.2) is 5.82 Å². The molecule has 2 N–H and O–H groups in total. The lowest BCUT2D eigenvalue weighted by Crippen LogP contribution is -2.30. The summed E-state index contributed by atoms with van der Waals surface area (Å²) in [6.45, 7) is 3.90. The second kappa shape index (κ2) is 6.99. The monoisotopic (exact) mass is 378 g/mol. The molecule has 1 aromatic heterocycles. The first-order chi connectivity index (χ1) is 13.4. The highest BCUT2D eigenvalue weighted by molar-refractivity contribution is 6.08. The van der Waals surface area contributed by atoms with E-state index in [0.29, 0.717) is 17.3 Å². The number of amides is 2. The Labute approximate surface area is 162 Å². The summed E-state index contributed by atoms with van der Waals surface area (Å²) in [5, 5.41) is 11.0. The molecule has 7 heteroatoms. The van der Waals surface area contributed by atoms with Crippen molar-refractivity contribution in [3.05, 3.63) is 48.0 Å². The van der Waals surface area contributed by atoms with Crippen molar-refractivity contribution in [1.82, 2.24) is 9.78 Å². The number of nitrogens with one attached hydrogen (secondary N) is 2. The molecule has 0 radical (unpaired) electrons. The summed E-state index contributed by atoms with van der Waals surface area (Å²) in [4.78, 5) is 25.1. The topological polar surface area (TPSA) is 85.2 Å². The summed E-state index contributed by atoms with van der Waals surface area (Å²) in [7, 11) is 1.82. The number of hydrogen-bond donors (Lipinski definition) is 2. The molecule has 0 fully saturated rings. The van der Waals surface area contributed by atoms with Gasteiger partial charge in [0.2, 0.25) is 11.8 Å². The number of carbonyl (C=O) groups is 2. The van der Waals surface area contributed by atoms with Crippen molar-refractivity contribution in [3.63, 3.8) is 0 Å². The summed E-state index contributed by atoms with van der Waals surface area (Å²) in [5.74, 6) is 0.0929. The van der Waals surface area contributed by atoms with Gasteiger partial charge >= 0.3 is 0 Å². The summed E-state index contributed by atoms with van der Waals surface area (Å²) in [5.41, 5.74) is 2.34. The molecule has 1 aliphatic rings. The van der Waals surface area contributed by atoms with Crippen molar-refractivity contribution in [2.75, 3.05) is 10.6 Å². The standard InChI is InChI=1S/C21H22N4O3/c1-12(2)28-17-10-6-9-16-19(17)20(24-25(16)3)23-21(27)14-11-18(26)22-15-8-5-4-7-13(14)15/h4-10,12,14H,11H2,1-3H3,(H,22,26)(H,23,24,27)/t14-/m1/s1. The highest BCUT2D eigenvalue weighted by Gasteiger charge is 2.31. The molecular weight excluding hydrogens is 356 g/mol. The largest absolute Gasteiger partial charge is 0.490 e. The lowest BCUT2D eigenvalue weighted by Gasteiger charge is -2.24.